The van der Waals surface area contributed by atoms with E-state index in [1.54, 1.807) is 49.6 Å². The lowest BCUT2D eigenvalue weighted by Crippen LogP contribution is -2.50. The highest BCUT2D eigenvalue weighted by Crippen LogP contribution is 2.47. The van der Waals surface area contributed by atoms with Crippen LogP contribution < -0.4 is 24.3 Å². The smallest absolute Gasteiger partial charge is 0.265 e. The van der Waals surface area contributed by atoms with Gasteiger partial charge >= 0.3 is 0 Å². The second kappa shape index (κ2) is 10.7. The maximum atomic E-state index is 14.6. The van der Waals surface area contributed by atoms with E-state index in [0.717, 1.165) is 5.56 Å². The molecule has 8 heteroatoms. The molecule has 2 amide bonds. The van der Waals surface area contributed by atoms with Crippen molar-refractivity contribution in [2.24, 2.45) is 0 Å². The molecule has 0 spiro atoms. The number of benzene rings is 3. The number of rotatable bonds is 8. The van der Waals surface area contributed by atoms with Gasteiger partial charge in [0, 0.05) is 23.4 Å². The first-order valence-electron chi connectivity index (χ1n) is 12.5. The fraction of sp³-hybridized carbons (Fsp3) is 0.290. The second-order valence-electron chi connectivity index (χ2n) is 10.1. The molecule has 1 heterocycles. The zero-order chi connectivity index (χ0) is 28.4. The average Bonchev–Trinajstić information content (AvgIpc) is 3.14. The Labute approximate surface area is 229 Å². The van der Waals surface area contributed by atoms with Gasteiger partial charge in [-0.05, 0) is 50.1 Å². The molecule has 1 aliphatic rings. The fourth-order valence-electron chi connectivity index (χ4n) is 4.83. The largest absolute Gasteiger partial charge is 0.497 e. The van der Waals surface area contributed by atoms with Gasteiger partial charge < -0.3 is 24.3 Å². The minimum atomic E-state index is -1.57. The number of ether oxygens (including phenoxy) is 4. The number of amides is 2. The quantitative estimate of drug-likeness (QED) is 0.313. The molecule has 0 aromatic heterocycles. The number of nitrogens with zero attached hydrogens (tertiary/aromatic N) is 1. The maximum Gasteiger partial charge on any atom is 0.265 e. The first kappa shape index (κ1) is 27.6. The van der Waals surface area contributed by atoms with Crippen molar-refractivity contribution >= 4 is 23.6 Å². The van der Waals surface area contributed by atoms with E-state index < -0.39 is 17.0 Å². The summed E-state index contributed by atoms with van der Waals surface area (Å²) in [6.07, 6.45) is 1.77. The van der Waals surface area contributed by atoms with Crippen molar-refractivity contribution in [1.82, 2.24) is 4.90 Å². The van der Waals surface area contributed by atoms with E-state index in [0.29, 0.717) is 34.2 Å². The Hall–Kier alpha value is -4.46. The Balaban J connectivity index is 2.04. The molecule has 3 aromatic rings. The highest BCUT2D eigenvalue weighted by molar-refractivity contribution is 6.23. The molecule has 1 aliphatic heterocycles. The van der Waals surface area contributed by atoms with Crippen LogP contribution in [0.4, 0.5) is 5.69 Å². The van der Waals surface area contributed by atoms with Crippen molar-refractivity contribution in [3.8, 4) is 23.0 Å². The van der Waals surface area contributed by atoms with Gasteiger partial charge in [0.1, 0.15) is 5.75 Å². The molecule has 0 bridgehead atoms. The van der Waals surface area contributed by atoms with Gasteiger partial charge in [0.2, 0.25) is 5.75 Å². The molecule has 4 rings (SSSR count). The van der Waals surface area contributed by atoms with E-state index in [9.17, 15) is 9.59 Å². The number of methoxy groups -OCH3 is 4. The Kier molecular flexibility index (Phi) is 7.58. The molecular weight excluding hydrogens is 496 g/mol. The second-order valence-corrected chi connectivity index (χ2v) is 10.1. The topological polar surface area (TPSA) is 86.3 Å². The molecule has 1 unspecified atom stereocenters. The lowest BCUT2D eigenvalue weighted by Gasteiger charge is -2.34. The molecule has 1 N–H and O–H groups in total. The van der Waals surface area contributed by atoms with Gasteiger partial charge in [0.25, 0.3) is 11.8 Å². The molecule has 1 saturated heterocycles. The van der Waals surface area contributed by atoms with Crippen molar-refractivity contribution in [2.45, 2.75) is 31.8 Å². The monoisotopic (exact) mass is 530 g/mol. The summed E-state index contributed by atoms with van der Waals surface area (Å²) < 4.78 is 22.0. The molecule has 39 heavy (non-hydrogen) atoms. The van der Waals surface area contributed by atoms with Crippen LogP contribution in [0.5, 0.6) is 23.0 Å². The summed E-state index contributed by atoms with van der Waals surface area (Å²) in [7, 11) is 6.14. The number of hydrogen-bond acceptors (Lipinski definition) is 7. The summed E-state index contributed by atoms with van der Waals surface area (Å²) in [5, 5.41) is 3.42. The Morgan fingerprint density at radius 1 is 0.795 bits per heavy atom. The van der Waals surface area contributed by atoms with E-state index in [1.807, 2.05) is 51.1 Å². The lowest BCUT2D eigenvalue weighted by molar-refractivity contribution is -0.144. The summed E-state index contributed by atoms with van der Waals surface area (Å²) in [6, 6.07) is 20.0. The van der Waals surface area contributed by atoms with Crippen LogP contribution in [0.2, 0.25) is 0 Å². The average molecular weight is 531 g/mol. The van der Waals surface area contributed by atoms with E-state index in [4.69, 9.17) is 18.9 Å². The van der Waals surface area contributed by atoms with Crippen LogP contribution in [0.3, 0.4) is 0 Å². The zero-order valence-electron chi connectivity index (χ0n) is 23.3. The molecule has 1 fully saturated rings. The first-order chi connectivity index (χ1) is 18.6. The SMILES string of the molecule is COc1ccc(C2(Nc3cc(OC)c(OC)c(OC)c3)C(=O)N(C(C)(C)C)C(=O)C2=Cc2ccccc2)cc1. The molecular formula is C31H34N2O6. The van der Waals surface area contributed by atoms with Gasteiger partial charge in [0.15, 0.2) is 17.0 Å². The number of hydrogen-bond donors (Lipinski definition) is 1. The van der Waals surface area contributed by atoms with Gasteiger partial charge in [0.05, 0.1) is 34.0 Å². The summed E-state index contributed by atoms with van der Waals surface area (Å²) in [4.78, 5) is 30.0. The number of carbonyl (C=O) groups excluding carboxylic acids is 2. The van der Waals surface area contributed by atoms with Crippen molar-refractivity contribution in [2.75, 3.05) is 33.8 Å². The summed E-state index contributed by atoms with van der Waals surface area (Å²) in [6.45, 7) is 5.52. The van der Waals surface area contributed by atoms with Crippen molar-refractivity contribution in [3.05, 3.63) is 83.4 Å². The van der Waals surface area contributed by atoms with Crippen LogP contribution >= 0.6 is 0 Å². The number of nitrogens with one attached hydrogen (secondary N) is 1. The third-order valence-electron chi connectivity index (χ3n) is 6.66. The zero-order valence-corrected chi connectivity index (χ0v) is 23.3. The van der Waals surface area contributed by atoms with E-state index in [2.05, 4.69) is 5.32 Å². The summed E-state index contributed by atoms with van der Waals surface area (Å²) >= 11 is 0. The van der Waals surface area contributed by atoms with E-state index in [1.165, 1.54) is 26.2 Å². The first-order valence-corrected chi connectivity index (χ1v) is 12.5. The van der Waals surface area contributed by atoms with Crippen LogP contribution in [0.15, 0.2) is 72.3 Å². The van der Waals surface area contributed by atoms with Crippen LogP contribution in [0, 0.1) is 0 Å². The normalized spacial score (nSPS) is 18.3. The maximum absolute atomic E-state index is 14.6. The molecule has 1 atom stereocenters. The van der Waals surface area contributed by atoms with Gasteiger partial charge in [-0.3, -0.25) is 14.5 Å². The van der Waals surface area contributed by atoms with Crippen LogP contribution in [0.25, 0.3) is 6.08 Å². The minimum absolute atomic E-state index is 0.285. The Bertz CT molecular complexity index is 1370. The molecule has 0 aliphatic carbocycles. The molecule has 8 nitrogen and oxygen atoms in total. The fourth-order valence-corrected chi connectivity index (χ4v) is 4.83. The number of anilines is 1. The highest BCUT2D eigenvalue weighted by atomic mass is 16.5. The van der Waals surface area contributed by atoms with Crippen molar-refractivity contribution < 1.29 is 28.5 Å². The Morgan fingerprint density at radius 2 is 1.38 bits per heavy atom. The van der Waals surface area contributed by atoms with Crippen LogP contribution in [-0.4, -0.2) is 50.7 Å². The third-order valence-corrected chi connectivity index (χ3v) is 6.66. The van der Waals surface area contributed by atoms with Crippen LogP contribution in [0.1, 0.15) is 31.9 Å². The standard InChI is InChI=1S/C31H34N2O6/c1-30(2,3)33-28(34)24(17-20-11-9-8-10-12-20)31(29(33)35,21-13-15-23(36-4)16-14-21)32-22-18-25(37-5)27(39-7)26(19-22)38-6/h8-19,32H,1-7H3. The van der Waals surface area contributed by atoms with Gasteiger partial charge in [-0.1, -0.05) is 42.5 Å². The minimum Gasteiger partial charge on any atom is -0.497 e. The highest BCUT2D eigenvalue weighted by Gasteiger charge is 2.59. The molecule has 204 valence electrons. The van der Waals surface area contributed by atoms with Gasteiger partial charge in [-0.2, -0.15) is 0 Å². The van der Waals surface area contributed by atoms with Gasteiger partial charge in [-0.15, -0.1) is 0 Å². The number of imide groups is 1. The van der Waals surface area contributed by atoms with Gasteiger partial charge in [-0.25, -0.2) is 0 Å². The predicted octanol–water partition coefficient (Wildman–Crippen LogP) is 5.28. The van der Waals surface area contributed by atoms with E-state index in [-0.39, 0.29) is 11.5 Å². The van der Waals surface area contributed by atoms with Crippen molar-refractivity contribution in [1.29, 1.82) is 0 Å². The number of likely N-dealkylation sites (tertiary alicyclic amines) is 1. The molecule has 0 saturated carbocycles. The van der Waals surface area contributed by atoms with Crippen LogP contribution in [-0.2, 0) is 15.1 Å². The van der Waals surface area contributed by atoms with Crippen molar-refractivity contribution in [3.63, 3.8) is 0 Å². The molecule has 0 radical (unpaired) electrons. The summed E-state index contributed by atoms with van der Waals surface area (Å²) in [5.41, 5.74) is -0.214. The lowest BCUT2D eigenvalue weighted by atomic mass is 9.82. The predicted molar refractivity (Wildman–Crippen MR) is 150 cm³/mol. The Morgan fingerprint density at radius 3 is 1.87 bits per heavy atom. The molecule has 3 aromatic carbocycles. The number of carbonyl (C=O) groups is 2. The van der Waals surface area contributed by atoms with E-state index >= 15 is 0 Å². The third kappa shape index (κ3) is 4.90. The summed E-state index contributed by atoms with van der Waals surface area (Å²) in [5.74, 6) is 1.06.